The Hall–Kier alpha value is -1.53. The summed E-state index contributed by atoms with van der Waals surface area (Å²) in [6.07, 6.45) is 2.71. The summed E-state index contributed by atoms with van der Waals surface area (Å²) < 4.78 is 29.2. The number of benzene rings is 1. The summed E-state index contributed by atoms with van der Waals surface area (Å²) in [5, 5.41) is 19.9. The lowest BCUT2D eigenvalue weighted by Crippen LogP contribution is -2.42. The summed E-state index contributed by atoms with van der Waals surface area (Å²) >= 11 is 0. The molecule has 176 valence electrons. The molecule has 1 fully saturated rings. The molecule has 0 radical (unpaired) electrons. The highest BCUT2D eigenvalue weighted by Gasteiger charge is 2.36. The Morgan fingerprint density at radius 2 is 1.90 bits per heavy atom. The summed E-state index contributed by atoms with van der Waals surface area (Å²) in [7, 11) is -5.70. The summed E-state index contributed by atoms with van der Waals surface area (Å²) in [5.41, 5.74) is 0.0374. The standard InChI is InChI=1S/C20H36N4O5SSi/c1-20(2,3)31(4,5)29-14-6-11-23-12-9-16(10-13-23)22-18-8-7-17(30(21,27)28)15-19(18)24(25)26/h7-8,15-16,22H,6,9-14H2,1-5H3,(H2,21,27,28). The predicted octanol–water partition coefficient (Wildman–Crippen LogP) is 3.53. The first-order valence-corrected chi connectivity index (χ1v) is 15.1. The minimum Gasteiger partial charge on any atom is -0.417 e. The van der Waals surface area contributed by atoms with Crippen molar-refractivity contribution in [3.05, 3.63) is 28.3 Å². The van der Waals surface area contributed by atoms with E-state index in [1.807, 2.05) is 0 Å². The Balaban J connectivity index is 1.84. The van der Waals surface area contributed by atoms with Crippen LogP contribution in [0.1, 0.15) is 40.0 Å². The molecule has 0 aromatic heterocycles. The second-order valence-electron chi connectivity index (χ2n) is 9.70. The van der Waals surface area contributed by atoms with Crippen molar-refractivity contribution in [2.75, 3.05) is 31.6 Å². The second kappa shape index (κ2) is 9.95. The molecule has 9 nitrogen and oxygen atoms in total. The lowest BCUT2D eigenvalue weighted by Gasteiger charge is -2.37. The van der Waals surface area contributed by atoms with Crippen LogP contribution in [0.4, 0.5) is 11.4 Å². The molecule has 1 heterocycles. The van der Waals surface area contributed by atoms with Gasteiger partial charge < -0.3 is 14.6 Å². The first-order valence-electron chi connectivity index (χ1n) is 10.6. The van der Waals surface area contributed by atoms with Crippen LogP contribution in [0, 0.1) is 10.1 Å². The molecule has 0 atom stereocenters. The van der Waals surface area contributed by atoms with Gasteiger partial charge in [-0.3, -0.25) is 10.1 Å². The smallest absolute Gasteiger partial charge is 0.293 e. The fraction of sp³-hybridized carbons (Fsp3) is 0.700. The van der Waals surface area contributed by atoms with Crippen molar-refractivity contribution >= 4 is 29.7 Å². The third-order valence-corrected chi connectivity index (χ3v) is 11.8. The molecule has 0 aliphatic carbocycles. The van der Waals surface area contributed by atoms with Crippen molar-refractivity contribution < 1.29 is 17.8 Å². The van der Waals surface area contributed by atoms with Gasteiger partial charge >= 0.3 is 0 Å². The van der Waals surface area contributed by atoms with Crippen LogP contribution in [0.25, 0.3) is 0 Å². The Kier molecular flexibility index (Phi) is 8.25. The van der Waals surface area contributed by atoms with Gasteiger partial charge in [0.1, 0.15) is 5.69 Å². The molecule has 1 aliphatic rings. The number of piperidine rings is 1. The maximum absolute atomic E-state index is 11.5. The number of sulfonamides is 1. The quantitative estimate of drug-likeness (QED) is 0.243. The van der Waals surface area contributed by atoms with Crippen molar-refractivity contribution in [3.8, 4) is 0 Å². The van der Waals surface area contributed by atoms with Crippen molar-refractivity contribution in [2.24, 2.45) is 5.14 Å². The van der Waals surface area contributed by atoms with Gasteiger partial charge in [-0.05, 0) is 49.5 Å². The molecule has 0 amide bonds. The minimum atomic E-state index is -3.99. The van der Waals surface area contributed by atoms with Crippen LogP contribution < -0.4 is 10.5 Å². The van der Waals surface area contributed by atoms with Crippen LogP contribution in [0.15, 0.2) is 23.1 Å². The molecule has 1 aliphatic heterocycles. The van der Waals surface area contributed by atoms with E-state index in [-0.39, 0.29) is 21.7 Å². The molecule has 0 spiro atoms. The van der Waals surface area contributed by atoms with E-state index in [0.717, 1.165) is 51.6 Å². The predicted molar refractivity (Wildman–Crippen MR) is 125 cm³/mol. The zero-order valence-corrected chi connectivity index (χ0v) is 21.0. The molecular formula is C20H36N4O5SSi. The number of hydrogen-bond acceptors (Lipinski definition) is 7. The second-order valence-corrected chi connectivity index (χ2v) is 16.1. The zero-order chi connectivity index (χ0) is 23.4. The third-order valence-electron chi connectivity index (χ3n) is 6.33. The monoisotopic (exact) mass is 472 g/mol. The van der Waals surface area contributed by atoms with E-state index in [0.29, 0.717) is 5.69 Å². The van der Waals surface area contributed by atoms with Crippen molar-refractivity contribution in [1.29, 1.82) is 0 Å². The summed E-state index contributed by atoms with van der Waals surface area (Å²) in [6.45, 7) is 14.8. The third kappa shape index (κ3) is 7.24. The average molecular weight is 473 g/mol. The number of nitrogens with two attached hydrogens (primary N) is 1. The van der Waals surface area contributed by atoms with Crippen LogP contribution >= 0.6 is 0 Å². The summed E-state index contributed by atoms with van der Waals surface area (Å²) in [5.74, 6) is 0. The van der Waals surface area contributed by atoms with Crippen molar-refractivity contribution in [2.45, 2.75) is 69.1 Å². The number of nitro benzene ring substituents is 1. The van der Waals surface area contributed by atoms with E-state index in [4.69, 9.17) is 9.56 Å². The van der Waals surface area contributed by atoms with Crippen molar-refractivity contribution in [3.63, 3.8) is 0 Å². The molecule has 3 N–H and O–H groups in total. The number of hydrogen-bond donors (Lipinski definition) is 2. The molecule has 1 aromatic rings. The molecule has 0 bridgehead atoms. The lowest BCUT2D eigenvalue weighted by molar-refractivity contribution is -0.384. The largest absolute Gasteiger partial charge is 0.417 e. The van der Waals surface area contributed by atoms with Crippen LogP contribution in [0.5, 0.6) is 0 Å². The van der Waals surface area contributed by atoms with E-state index in [1.165, 1.54) is 12.1 Å². The van der Waals surface area contributed by atoms with Crippen molar-refractivity contribution in [1.82, 2.24) is 4.90 Å². The molecular weight excluding hydrogens is 436 g/mol. The van der Waals surface area contributed by atoms with Gasteiger partial charge in [0.25, 0.3) is 5.69 Å². The van der Waals surface area contributed by atoms with Gasteiger partial charge in [-0.1, -0.05) is 20.8 Å². The van der Waals surface area contributed by atoms with E-state index in [9.17, 15) is 18.5 Å². The topological polar surface area (TPSA) is 128 Å². The van der Waals surface area contributed by atoms with Crippen LogP contribution in [0.2, 0.25) is 18.1 Å². The number of likely N-dealkylation sites (tertiary alicyclic amines) is 1. The molecule has 11 heteroatoms. The minimum absolute atomic E-state index is 0.0961. The van der Waals surface area contributed by atoms with Gasteiger partial charge in [0.15, 0.2) is 8.32 Å². The van der Waals surface area contributed by atoms with Gasteiger partial charge in [0, 0.05) is 38.3 Å². The molecule has 2 rings (SSSR count). The van der Waals surface area contributed by atoms with E-state index < -0.39 is 23.3 Å². The highest BCUT2D eigenvalue weighted by Crippen LogP contribution is 2.36. The zero-order valence-electron chi connectivity index (χ0n) is 19.2. The van der Waals surface area contributed by atoms with Gasteiger partial charge in [0.05, 0.1) is 9.82 Å². The summed E-state index contributed by atoms with van der Waals surface area (Å²) in [4.78, 5) is 12.9. The first-order chi connectivity index (χ1) is 14.2. The molecule has 0 saturated carbocycles. The van der Waals surface area contributed by atoms with E-state index >= 15 is 0 Å². The van der Waals surface area contributed by atoms with Gasteiger partial charge in [0.2, 0.25) is 10.0 Å². The maximum Gasteiger partial charge on any atom is 0.293 e. The summed E-state index contributed by atoms with van der Waals surface area (Å²) in [6, 6.07) is 3.82. The van der Waals surface area contributed by atoms with Gasteiger partial charge in [-0.15, -0.1) is 0 Å². The first kappa shape index (κ1) is 25.7. The number of nitrogens with zero attached hydrogens (tertiary/aromatic N) is 2. The highest BCUT2D eigenvalue weighted by molar-refractivity contribution is 7.89. The number of nitrogens with one attached hydrogen (secondary N) is 1. The fourth-order valence-corrected chi connectivity index (χ4v) is 4.94. The normalized spacial score (nSPS) is 17.0. The Morgan fingerprint density at radius 1 is 1.29 bits per heavy atom. The molecule has 31 heavy (non-hydrogen) atoms. The maximum atomic E-state index is 11.5. The molecule has 0 unspecified atom stereocenters. The number of anilines is 1. The van der Waals surface area contributed by atoms with E-state index in [2.05, 4.69) is 44.1 Å². The lowest BCUT2D eigenvalue weighted by atomic mass is 10.0. The Labute approximate surface area is 186 Å². The highest BCUT2D eigenvalue weighted by atomic mass is 32.2. The number of nitro groups is 1. The molecule has 1 saturated heterocycles. The van der Waals surface area contributed by atoms with Gasteiger partial charge in [-0.2, -0.15) is 0 Å². The van der Waals surface area contributed by atoms with E-state index in [1.54, 1.807) is 0 Å². The SMILES string of the molecule is CC(C)(C)[Si](C)(C)OCCCN1CCC(Nc2ccc(S(N)(=O)=O)cc2[N+](=O)[O-])CC1. The fourth-order valence-electron chi connectivity index (χ4n) is 3.31. The van der Waals surface area contributed by atoms with Gasteiger partial charge in [-0.25, -0.2) is 13.6 Å². The van der Waals surface area contributed by atoms with Crippen LogP contribution in [-0.2, 0) is 14.4 Å². The number of rotatable bonds is 9. The van der Waals surface area contributed by atoms with Crippen LogP contribution in [-0.4, -0.2) is 58.8 Å². The van der Waals surface area contributed by atoms with Crippen LogP contribution in [0.3, 0.4) is 0 Å². The molecule has 1 aromatic carbocycles. The number of primary sulfonamides is 1. The average Bonchev–Trinajstić information content (AvgIpc) is 2.65. The Morgan fingerprint density at radius 3 is 2.42 bits per heavy atom. The Bertz CT molecular complexity index is 878.